The maximum atomic E-state index is 11.5. The second-order valence-electron chi connectivity index (χ2n) is 4.49. The molecule has 1 unspecified atom stereocenters. The van der Waals surface area contributed by atoms with Gasteiger partial charge in [0.05, 0.1) is 0 Å². The molecule has 1 atom stereocenters. The lowest BCUT2D eigenvalue weighted by atomic mass is 10.0. The van der Waals surface area contributed by atoms with E-state index in [9.17, 15) is 4.79 Å². The Morgan fingerprint density at radius 1 is 1.58 bits per heavy atom. The molecule has 1 fully saturated rings. The van der Waals surface area contributed by atoms with E-state index in [0.717, 1.165) is 12.8 Å². The summed E-state index contributed by atoms with van der Waals surface area (Å²) in [6, 6.07) is 0. The van der Waals surface area contributed by atoms with Crippen LogP contribution in [0.4, 0.5) is 0 Å². The number of hydrogen-bond acceptors (Lipinski definition) is 1. The average Bonchev–Trinajstić information content (AvgIpc) is 2.59. The molecular weight excluding hydrogens is 148 g/mol. The standard InChI is InChI=1S/C11H18O/c1-5-8(2)6-10(12)9-7-11(9,3)4/h6,9H,5,7H2,1-4H3. The highest BCUT2D eigenvalue weighted by Gasteiger charge is 2.49. The predicted octanol–water partition coefficient (Wildman–Crippen LogP) is 2.96. The molecule has 1 nitrogen and oxygen atoms in total. The summed E-state index contributed by atoms with van der Waals surface area (Å²) >= 11 is 0. The first kappa shape index (κ1) is 9.50. The normalized spacial score (nSPS) is 27.0. The molecule has 0 radical (unpaired) electrons. The average molecular weight is 166 g/mol. The van der Waals surface area contributed by atoms with Crippen molar-refractivity contribution >= 4 is 5.78 Å². The van der Waals surface area contributed by atoms with Crippen molar-refractivity contribution in [1.82, 2.24) is 0 Å². The highest BCUT2D eigenvalue weighted by molar-refractivity contribution is 5.94. The maximum absolute atomic E-state index is 11.5. The molecule has 1 saturated carbocycles. The highest BCUT2D eigenvalue weighted by atomic mass is 16.1. The van der Waals surface area contributed by atoms with Gasteiger partial charge in [-0.05, 0) is 31.3 Å². The second-order valence-corrected chi connectivity index (χ2v) is 4.49. The van der Waals surface area contributed by atoms with E-state index in [2.05, 4.69) is 20.8 Å². The minimum atomic E-state index is 0.279. The molecular formula is C11H18O. The van der Waals surface area contributed by atoms with Crippen LogP contribution in [-0.2, 0) is 4.79 Å². The van der Waals surface area contributed by atoms with Crippen LogP contribution in [0.15, 0.2) is 11.6 Å². The topological polar surface area (TPSA) is 17.1 Å². The number of carbonyl (C=O) groups is 1. The maximum Gasteiger partial charge on any atom is 0.159 e. The van der Waals surface area contributed by atoms with Gasteiger partial charge in [-0.3, -0.25) is 4.79 Å². The minimum absolute atomic E-state index is 0.279. The summed E-state index contributed by atoms with van der Waals surface area (Å²) in [5.74, 6) is 0.637. The fourth-order valence-corrected chi connectivity index (χ4v) is 1.40. The molecule has 0 aromatic rings. The number of allylic oxidation sites excluding steroid dienone is 2. The van der Waals surface area contributed by atoms with Crippen molar-refractivity contribution in [3.8, 4) is 0 Å². The van der Waals surface area contributed by atoms with E-state index in [4.69, 9.17) is 0 Å². The van der Waals surface area contributed by atoms with Gasteiger partial charge < -0.3 is 0 Å². The van der Waals surface area contributed by atoms with Gasteiger partial charge in [-0.1, -0.05) is 26.3 Å². The molecule has 1 aliphatic carbocycles. The highest BCUT2D eigenvalue weighted by Crippen LogP contribution is 2.52. The SMILES string of the molecule is CCC(C)=CC(=O)C1CC1(C)C. The van der Waals surface area contributed by atoms with E-state index in [1.807, 2.05) is 13.0 Å². The van der Waals surface area contributed by atoms with Gasteiger partial charge in [0.15, 0.2) is 5.78 Å². The molecule has 1 heteroatoms. The van der Waals surface area contributed by atoms with E-state index in [0.29, 0.717) is 11.7 Å². The van der Waals surface area contributed by atoms with Gasteiger partial charge in [-0.25, -0.2) is 0 Å². The lowest BCUT2D eigenvalue weighted by Gasteiger charge is -1.99. The van der Waals surface area contributed by atoms with Gasteiger partial charge in [-0.2, -0.15) is 0 Å². The Balaban J connectivity index is 2.52. The molecule has 0 spiro atoms. The van der Waals surface area contributed by atoms with Gasteiger partial charge in [0.2, 0.25) is 0 Å². The Kier molecular flexibility index (Phi) is 2.41. The van der Waals surface area contributed by atoms with Crippen LogP contribution >= 0.6 is 0 Å². The number of carbonyl (C=O) groups excluding carboxylic acids is 1. The first-order valence-corrected chi connectivity index (χ1v) is 4.68. The third-order valence-corrected chi connectivity index (χ3v) is 2.80. The Bertz CT molecular complexity index is 223. The number of ketones is 1. The van der Waals surface area contributed by atoms with E-state index in [1.54, 1.807) is 0 Å². The Labute approximate surface area is 74.9 Å². The molecule has 0 aromatic heterocycles. The van der Waals surface area contributed by atoms with Crippen molar-refractivity contribution in [3.63, 3.8) is 0 Å². The van der Waals surface area contributed by atoms with E-state index >= 15 is 0 Å². The quantitative estimate of drug-likeness (QED) is 0.589. The molecule has 0 bridgehead atoms. The third kappa shape index (κ3) is 1.96. The van der Waals surface area contributed by atoms with Crippen LogP contribution in [0.1, 0.15) is 40.5 Å². The van der Waals surface area contributed by atoms with Gasteiger partial charge in [0.1, 0.15) is 0 Å². The zero-order chi connectivity index (χ0) is 9.35. The summed E-state index contributed by atoms with van der Waals surface area (Å²) in [6.45, 7) is 8.42. The monoisotopic (exact) mass is 166 g/mol. The summed E-state index contributed by atoms with van der Waals surface area (Å²) in [7, 11) is 0. The molecule has 1 aliphatic rings. The molecule has 0 aliphatic heterocycles. The molecule has 1 rings (SSSR count). The van der Waals surface area contributed by atoms with Gasteiger partial charge >= 0.3 is 0 Å². The van der Waals surface area contributed by atoms with Crippen LogP contribution in [0.3, 0.4) is 0 Å². The summed E-state index contributed by atoms with van der Waals surface area (Å²) in [6.07, 6.45) is 3.87. The van der Waals surface area contributed by atoms with Crippen molar-refractivity contribution in [2.75, 3.05) is 0 Å². The summed E-state index contributed by atoms with van der Waals surface area (Å²) in [5.41, 5.74) is 1.48. The van der Waals surface area contributed by atoms with E-state index < -0.39 is 0 Å². The fourth-order valence-electron chi connectivity index (χ4n) is 1.40. The van der Waals surface area contributed by atoms with Crippen LogP contribution < -0.4 is 0 Å². The molecule has 68 valence electrons. The second kappa shape index (κ2) is 3.04. The van der Waals surface area contributed by atoms with Crippen LogP contribution in [0.2, 0.25) is 0 Å². The summed E-state index contributed by atoms with van der Waals surface area (Å²) in [5, 5.41) is 0. The molecule has 0 aromatic carbocycles. The molecule has 0 heterocycles. The van der Waals surface area contributed by atoms with Crippen molar-refractivity contribution in [3.05, 3.63) is 11.6 Å². The van der Waals surface area contributed by atoms with E-state index in [1.165, 1.54) is 5.57 Å². The van der Waals surface area contributed by atoms with Crippen LogP contribution in [0.25, 0.3) is 0 Å². The lowest BCUT2D eigenvalue weighted by molar-refractivity contribution is -0.116. The number of rotatable bonds is 3. The van der Waals surface area contributed by atoms with Crippen molar-refractivity contribution < 1.29 is 4.79 Å². The molecule has 0 saturated heterocycles. The molecule has 0 amide bonds. The zero-order valence-corrected chi connectivity index (χ0v) is 8.48. The molecule has 0 N–H and O–H groups in total. The Morgan fingerprint density at radius 2 is 2.08 bits per heavy atom. The van der Waals surface area contributed by atoms with Gasteiger partial charge in [0, 0.05) is 5.92 Å². The minimum Gasteiger partial charge on any atom is -0.295 e. The Morgan fingerprint density at radius 3 is 2.42 bits per heavy atom. The first-order chi connectivity index (χ1) is 5.47. The van der Waals surface area contributed by atoms with Crippen LogP contribution in [-0.4, -0.2) is 5.78 Å². The van der Waals surface area contributed by atoms with Gasteiger partial charge in [0.25, 0.3) is 0 Å². The van der Waals surface area contributed by atoms with Crippen molar-refractivity contribution in [2.45, 2.75) is 40.5 Å². The van der Waals surface area contributed by atoms with Crippen LogP contribution in [0.5, 0.6) is 0 Å². The van der Waals surface area contributed by atoms with Crippen LogP contribution in [0, 0.1) is 11.3 Å². The van der Waals surface area contributed by atoms with Gasteiger partial charge in [-0.15, -0.1) is 0 Å². The zero-order valence-electron chi connectivity index (χ0n) is 8.48. The fraction of sp³-hybridized carbons (Fsp3) is 0.727. The smallest absolute Gasteiger partial charge is 0.159 e. The third-order valence-electron chi connectivity index (χ3n) is 2.80. The Hall–Kier alpha value is -0.590. The largest absolute Gasteiger partial charge is 0.295 e. The van der Waals surface area contributed by atoms with Crippen molar-refractivity contribution in [2.24, 2.45) is 11.3 Å². The first-order valence-electron chi connectivity index (χ1n) is 4.68. The van der Waals surface area contributed by atoms with E-state index in [-0.39, 0.29) is 5.41 Å². The lowest BCUT2D eigenvalue weighted by Crippen LogP contribution is -2.02. The summed E-state index contributed by atoms with van der Waals surface area (Å²) in [4.78, 5) is 11.5. The predicted molar refractivity (Wildman–Crippen MR) is 50.9 cm³/mol. The molecule has 12 heavy (non-hydrogen) atoms. The number of hydrogen-bond donors (Lipinski definition) is 0. The van der Waals surface area contributed by atoms with Crippen molar-refractivity contribution in [1.29, 1.82) is 0 Å². The summed E-state index contributed by atoms with van der Waals surface area (Å²) < 4.78 is 0.